The van der Waals surface area contributed by atoms with Gasteiger partial charge in [0.15, 0.2) is 0 Å². The second-order valence-corrected chi connectivity index (χ2v) is 10.6. The first-order chi connectivity index (χ1) is 11.5. The average molecular weight is 344 g/mol. The number of rotatable bonds is 5. The Labute approximate surface area is 144 Å². The Morgan fingerprint density at radius 1 is 0.958 bits per heavy atom. The van der Waals surface area contributed by atoms with Crippen LogP contribution in [0.3, 0.4) is 0 Å². The number of hydrogen-bond acceptors (Lipinski definition) is 4. The maximum atomic E-state index is 12.0. The van der Waals surface area contributed by atoms with Crippen molar-refractivity contribution < 1.29 is 9.69 Å². The van der Waals surface area contributed by atoms with E-state index in [9.17, 15) is 9.69 Å². The fourth-order valence-electron chi connectivity index (χ4n) is 3.57. The third-order valence-corrected chi connectivity index (χ3v) is 9.43. The van der Waals surface area contributed by atoms with E-state index in [1.807, 2.05) is 74.5 Å². The number of nitrogens with zero attached hydrogens (tertiary/aromatic N) is 2. The van der Waals surface area contributed by atoms with Crippen LogP contribution >= 0.6 is 7.79 Å². The van der Waals surface area contributed by atoms with Crippen LogP contribution in [0.5, 0.6) is 0 Å². The fourth-order valence-corrected chi connectivity index (χ4v) is 7.52. The Hall–Kier alpha value is -1.90. The van der Waals surface area contributed by atoms with Crippen LogP contribution in [0.25, 0.3) is 0 Å². The van der Waals surface area contributed by atoms with E-state index in [0.717, 1.165) is 30.8 Å². The van der Waals surface area contributed by atoms with Gasteiger partial charge in [-0.1, -0.05) is 0 Å². The van der Waals surface area contributed by atoms with E-state index in [1.165, 1.54) is 0 Å². The number of para-hydroxylation sites is 2. The van der Waals surface area contributed by atoms with Gasteiger partial charge in [0.25, 0.3) is 0 Å². The molecule has 1 heterocycles. The van der Waals surface area contributed by atoms with Gasteiger partial charge in [-0.3, -0.25) is 0 Å². The van der Waals surface area contributed by atoms with Crippen LogP contribution in [-0.4, -0.2) is 29.4 Å². The monoisotopic (exact) mass is 344 g/mol. The van der Waals surface area contributed by atoms with E-state index < -0.39 is 12.9 Å². The summed E-state index contributed by atoms with van der Waals surface area (Å²) in [6.45, 7) is 5.52. The molecule has 0 spiro atoms. The Kier molecular flexibility index (Phi) is 4.62. The van der Waals surface area contributed by atoms with Gasteiger partial charge in [0.05, 0.1) is 0 Å². The Morgan fingerprint density at radius 3 is 1.75 bits per heavy atom. The zero-order chi connectivity index (χ0) is 17.2. The molecule has 2 aromatic rings. The summed E-state index contributed by atoms with van der Waals surface area (Å²) in [6, 6.07) is 20.0. The molecule has 4 nitrogen and oxygen atoms in total. The molecule has 1 aliphatic heterocycles. The van der Waals surface area contributed by atoms with Crippen molar-refractivity contribution in [3.05, 3.63) is 60.7 Å². The van der Waals surface area contributed by atoms with Crippen molar-refractivity contribution in [3.8, 4) is 0 Å². The Morgan fingerprint density at radius 2 is 1.38 bits per heavy atom. The van der Waals surface area contributed by atoms with Crippen molar-refractivity contribution in [2.75, 3.05) is 22.4 Å². The van der Waals surface area contributed by atoms with Gasteiger partial charge in [-0.15, -0.1) is 0 Å². The summed E-state index contributed by atoms with van der Waals surface area (Å²) in [5.74, 6) is 0. The second-order valence-electron chi connectivity index (χ2n) is 6.86. The van der Waals surface area contributed by atoms with Gasteiger partial charge < -0.3 is 0 Å². The maximum absolute atomic E-state index is 12.0. The minimum absolute atomic E-state index is 0.336. The summed E-state index contributed by atoms with van der Waals surface area (Å²) < 4.78 is 4.28. The molecule has 1 aliphatic rings. The van der Waals surface area contributed by atoms with Gasteiger partial charge in [0.2, 0.25) is 0 Å². The summed E-state index contributed by atoms with van der Waals surface area (Å²) in [4.78, 5) is 23.3. The number of carbonyl (C=O) groups is 1. The molecule has 0 bridgehead atoms. The zero-order valence-corrected chi connectivity index (χ0v) is 15.2. The number of aldehydes is 1. The number of hydrogen-bond donors (Lipinski definition) is 1. The summed E-state index contributed by atoms with van der Waals surface area (Å²) >= 11 is 0. The first-order valence-electron chi connectivity index (χ1n) is 8.32. The van der Waals surface area contributed by atoms with Crippen molar-refractivity contribution >= 4 is 25.5 Å². The molecule has 0 radical (unpaired) electrons. The summed E-state index contributed by atoms with van der Waals surface area (Å²) in [6.07, 6.45) is 1.26. The molecular weight excluding hydrogens is 319 g/mol. The molecule has 1 fully saturated rings. The van der Waals surface area contributed by atoms with Gasteiger partial charge in [-0.05, 0) is 0 Å². The zero-order valence-electron chi connectivity index (χ0n) is 14.2. The quantitative estimate of drug-likeness (QED) is 0.661. The molecule has 0 amide bonds. The molecule has 128 valence electrons. The van der Waals surface area contributed by atoms with E-state index in [-0.39, 0.29) is 0 Å². The normalized spacial score (nSPS) is 18.5. The van der Waals surface area contributed by atoms with Crippen LogP contribution in [0.15, 0.2) is 60.7 Å². The van der Waals surface area contributed by atoms with Gasteiger partial charge in [0.1, 0.15) is 0 Å². The third kappa shape index (κ3) is 2.70. The number of benzene rings is 2. The van der Waals surface area contributed by atoms with Crippen LogP contribution in [-0.2, 0) is 4.79 Å². The molecule has 3 rings (SSSR count). The summed E-state index contributed by atoms with van der Waals surface area (Å²) in [7, 11) is -3.14. The van der Waals surface area contributed by atoms with E-state index in [2.05, 4.69) is 9.34 Å². The van der Waals surface area contributed by atoms with Gasteiger partial charge >= 0.3 is 144 Å². The summed E-state index contributed by atoms with van der Waals surface area (Å²) in [5, 5.41) is -0.503. The topological polar surface area (TPSA) is 43.8 Å². The van der Waals surface area contributed by atoms with Crippen LogP contribution in [0.1, 0.15) is 20.3 Å². The fraction of sp³-hybridized carbons (Fsp3) is 0.316. The molecule has 2 aromatic carbocycles. The first-order valence-corrected chi connectivity index (χ1v) is 10.2. The molecule has 0 saturated carbocycles. The molecule has 1 N–H and O–H groups in total. The Bertz CT molecular complexity index is 644. The average Bonchev–Trinajstić information content (AvgIpc) is 2.95. The Balaban J connectivity index is 2.10. The molecule has 1 saturated heterocycles. The van der Waals surface area contributed by atoms with E-state index in [1.54, 1.807) is 0 Å². The molecule has 0 unspecified atom stereocenters. The third-order valence-electron chi connectivity index (χ3n) is 4.94. The molecular formula is C19H25N2O2P. The van der Waals surface area contributed by atoms with E-state index >= 15 is 0 Å². The van der Waals surface area contributed by atoms with Crippen LogP contribution in [0.2, 0.25) is 0 Å². The van der Waals surface area contributed by atoms with Crippen molar-refractivity contribution in [1.82, 2.24) is 0 Å². The van der Waals surface area contributed by atoms with Gasteiger partial charge in [0, 0.05) is 0 Å². The van der Waals surface area contributed by atoms with Crippen LogP contribution in [0, 0.1) is 0 Å². The van der Waals surface area contributed by atoms with Gasteiger partial charge in [-0.2, -0.15) is 0 Å². The minimum atomic E-state index is -3.14. The van der Waals surface area contributed by atoms with Crippen molar-refractivity contribution in [3.63, 3.8) is 0 Å². The molecule has 0 aliphatic carbocycles. The van der Waals surface area contributed by atoms with E-state index in [0.29, 0.717) is 6.42 Å². The summed E-state index contributed by atoms with van der Waals surface area (Å²) in [5.41, 5.74) is 2.04. The molecule has 24 heavy (non-hydrogen) atoms. The standard InChI is InChI=1S/C19H25N2O2P/c1-19(2,13-16-22)24(23)20(17-9-5-3-6-10-17)14-15-21(24)18-11-7-4-8-12-18/h3-12,16,23-24H,13-15H2,1-2H3. The molecule has 5 heteroatoms. The SMILES string of the molecule is CC(C)(CC=O)[PH]1(O)N(c2ccccc2)CCN1c1ccccc1. The number of carbonyl (C=O) groups excluding carboxylic acids is 1. The van der Waals surface area contributed by atoms with Crippen molar-refractivity contribution in [2.45, 2.75) is 25.4 Å². The van der Waals surface area contributed by atoms with Gasteiger partial charge in [-0.25, -0.2) is 0 Å². The molecule has 0 atom stereocenters. The first kappa shape index (κ1) is 16.9. The van der Waals surface area contributed by atoms with Crippen LogP contribution in [0.4, 0.5) is 11.4 Å². The number of anilines is 2. The van der Waals surface area contributed by atoms with Crippen molar-refractivity contribution in [2.24, 2.45) is 0 Å². The second kappa shape index (κ2) is 6.54. The molecule has 0 aromatic heterocycles. The predicted octanol–water partition coefficient (Wildman–Crippen LogP) is 3.87. The van der Waals surface area contributed by atoms with Crippen LogP contribution < -0.4 is 9.34 Å². The van der Waals surface area contributed by atoms with E-state index in [4.69, 9.17) is 0 Å². The van der Waals surface area contributed by atoms with Crippen molar-refractivity contribution in [1.29, 1.82) is 0 Å². The predicted molar refractivity (Wildman–Crippen MR) is 103 cm³/mol.